The van der Waals surface area contributed by atoms with E-state index in [1.807, 2.05) is 6.92 Å². The van der Waals surface area contributed by atoms with Gasteiger partial charge in [0.1, 0.15) is 0 Å². The van der Waals surface area contributed by atoms with Crippen molar-refractivity contribution in [1.82, 2.24) is 0 Å². The van der Waals surface area contributed by atoms with E-state index in [1.54, 1.807) is 6.92 Å². The summed E-state index contributed by atoms with van der Waals surface area (Å²) in [4.78, 5) is 20.3. The topological polar surface area (TPSA) is 82.1 Å². The summed E-state index contributed by atoms with van der Waals surface area (Å²) < 4.78 is 14.1. The van der Waals surface area contributed by atoms with Gasteiger partial charge >= 0.3 is 11.9 Å². The molecule has 0 spiro atoms. The molecule has 1 N–H and O–H groups in total. The van der Waals surface area contributed by atoms with Crippen LogP contribution < -0.4 is 0 Å². The van der Waals surface area contributed by atoms with Gasteiger partial charge in [0.05, 0.1) is 32.7 Å². The van der Waals surface area contributed by atoms with Crippen molar-refractivity contribution in [3.05, 3.63) is 0 Å². The van der Waals surface area contributed by atoms with Crippen molar-refractivity contribution >= 4 is 11.9 Å². The summed E-state index contributed by atoms with van der Waals surface area (Å²) in [5.41, 5.74) is 0. The van der Waals surface area contributed by atoms with E-state index in [1.165, 1.54) is 7.11 Å². The second kappa shape index (κ2) is 14.9. The number of carboxylic acid groups (broad SMARTS) is 1. The smallest absolute Gasteiger partial charge is 0.308 e. The molecule has 0 heterocycles. The number of hydrogen-bond acceptors (Lipinski definition) is 5. The van der Waals surface area contributed by atoms with E-state index in [0.29, 0.717) is 32.8 Å². The van der Waals surface area contributed by atoms with Crippen molar-refractivity contribution < 1.29 is 28.9 Å². The van der Waals surface area contributed by atoms with Gasteiger partial charge in [-0.2, -0.15) is 0 Å². The van der Waals surface area contributed by atoms with Crippen LogP contribution in [-0.4, -0.2) is 50.6 Å². The van der Waals surface area contributed by atoms with E-state index in [0.717, 1.165) is 0 Å². The molecule has 0 radical (unpaired) electrons. The van der Waals surface area contributed by atoms with Crippen LogP contribution in [0.5, 0.6) is 0 Å². The molecule has 0 unspecified atom stereocenters. The number of aliphatic carboxylic acids is 1. The minimum Gasteiger partial charge on any atom is -0.481 e. The highest BCUT2D eigenvalue weighted by atomic mass is 16.5. The third-order valence-corrected chi connectivity index (χ3v) is 1.48. The van der Waals surface area contributed by atoms with Gasteiger partial charge in [-0.05, 0) is 13.8 Å². The van der Waals surface area contributed by atoms with Crippen molar-refractivity contribution in [2.45, 2.75) is 26.7 Å². The first kappa shape index (κ1) is 18.2. The van der Waals surface area contributed by atoms with Gasteiger partial charge in [-0.1, -0.05) is 0 Å². The fraction of sp³-hybridized carbons (Fsp3) is 0.818. The minimum absolute atomic E-state index is 0.0938. The third-order valence-electron chi connectivity index (χ3n) is 1.48. The number of hydrogen-bond donors (Lipinski definition) is 1. The number of carbonyl (C=O) groups is 2. The molecular formula is C11H22O6. The van der Waals surface area contributed by atoms with E-state index < -0.39 is 5.97 Å². The highest BCUT2D eigenvalue weighted by molar-refractivity contribution is 5.69. The second-order valence-corrected chi connectivity index (χ2v) is 2.89. The van der Waals surface area contributed by atoms with E-state index in [-0.39, 0.29) is 12.4 Å². The molecule has 102 valence electrons. The Hall–Kier alpha value is -1.14. The molecule has 0 saturated carbocycles. The Labute approximate surface area is 102 Å². The largest absolute Gasteiger partial charge is 0.481 e. The summed E-state index contributed by atoms with van der Waals surface area (Å²) in [5, 5.41) is 7.96. The lowest BCUT2D eigenvalue weighted by molar-refractivity contribution is -0.144. The quantitative estimate of drug-likeness (QED) is 0.513. The Morgan fingerprint density at radius 1 is 1.06 bits per heavy atom. The number of rotatable bonds is 8. The molecule has 0 aliphatic rings. The molecule has 0 aromatic heterocycles. The average molecular weight is 250 g/mol. The first-order chi connectivity index (χ1) is 8.08. The van der Waals surface area contributed by atoms with Gasteiger partial charge in [-0.3, -0.25) is 9.59 Å². The van der Waals surface area contributed by atoms with Crippen LogP contribution in [0.15, 0.2) is 0 Å². The van der Waals surface area contributed by atoms with Crippen molar-refractivity contribution in [3.8, 4) is 0 Å². The first-order valence-corrected chi connectivity index (χ1v) is 5.52. The number of carboxylic acids is 1. The zero-order chi connectivity index (χ0) is 13.5. The molecule has 0 fully saturated rings. The van der Waals surface area contributed by atoms with Gasteiger partial charge < -0.3 is 19.3 Å². The number of carbonyl (C=O) groups excluding carboxylic acids is 1. The fourth-order valence-electron chi connectivity index (χ4n) is 0.722. The Balaban J connectivity index is 0. The van der Waals surface area contributed by atoms with Gasteiger partial charge in [0, 0.05) is 13.7 Å². The normalized spacial score (nSPS) is 9.12. The second-order valence-electron chi connectivity index (χ2n) is 2.89. The number of methoxy groups -OCH3 is 1. The maximum Gasteiger partial charge on any atom is 0.308 e. The van der Waals surface area contributed by atoms with Crippen LogP contribution in [0.1, 0.15) is 26.7 Å². The minimum atomic E-state index is -0.818. The molecule has 0 rings (SSSR count). The lowest BCUT2D eigenvalue weighted by atomic mass is 10.5. The Bertz CT molecular complexity index is 192. The number of esters is 1. The first-order valence-electron chi connectivity index (χ1n) is 5.52. The van der Waals surface area contributed by atoms with Crippen LogP contribution in [0.3, 0.4) is 0 Å². The molecular weight excluding hydrogens is 228 g/mol. The van der Waals surface area contributed by atoms with Gasteiger partial charge in [0.15, 0.2) is 0 Å². The summed E-state index contributed by atoms with van der Waals surface area (Å²) in [6.07, 6.45) is 0.457. The van der Waals surface area contributed by atoms with Crippen molar-refractivity contribution in [2.75, 3.05) is 33.5 Å². The standard InChI is InChI=1S/C7H14O3.C4H8O3/c1-3-9-6-5-7(8)10-4-2;1-7-3-2-4(5)6/h3-6H2,1-2H3;2-3H2,1H3,(H,5,6). The predicted octanol–water partition coefficient (Wildman–Crippen LogP) is 1.08. The molecule has 6 heteroatoms. The van der Waals surface area contributed by atoms with E-state index in [9.17, 15) is 9.59 Å². The fourth-order valence-corrected chi connectivity index (χ4v) is 0.722. The molecule has 0 aliphatic heterocycles. The molecule has 0 amide bonds. The molecule has 6 nitrogen and oxygen atoms in total. The molecule has 0 aromatic rings. The summed E-state index contributed by atoms with van der Waals surface area (Å²) in [6, 6.07) is 0. The van der Waals surface area contributed by atoms with Crippen LogP contribution in [0.2, 0.25) is 0 Å². The lowest BCUT2D eigenvalue weighted by Crippen LogP contribution is -2.07. The van der Waals surface area contributed by atoms with Crippen LogP contribution >= 0.6 is 0 Å². The van der Waals surface area contributed by atoms with Gasteiger partial charge in [-0.25, -0.2) is 0 Å². The highest BCUT2D eigenvalue weighted by Crippen LogP contribution is 1.86. The Morgan fingerprint density at radius 2 is 1.71 bits per heavy atom. The molecule has 0 atom stereocenters. The van der Waals surface area contributed by atoms with Crippen molar-refractivity contribution in [3.63, 3.8) is 0 Å². The van der Waals surface area contributed by atoms with E-state index >= 15 is 0 Å². The zero-order valence-electron chi connectivity index (χ0n) is 10.7. The van der Waals surface area contributed by atoms with Crippen LogP contribution in [0.4, 0.5) is 0 Å². The average Bonchev–Trinajstić information content (AvgIpc) is 2.28. The van der Waals surface area contributed by atoms with E-state index in [4.69, 9.17) is 9.84 Å². The molecule has 17 heavy (non-hydrogen) atoms. The SMILES string of the molecule is CCOCCC(=O)OCC.COCCC(=O)O. The Morgan fingerprint density at radius 3 is 2.06 bits per heavy atom. The summed E-state index contributed by atoms with van der Waals surface area (Å²) in [6.45, 7) is 5.55. The van der Waals surface area contributed by atoms with Crippen molar-refractivity contribution in [1.29, 1.82) is 0 Å². The van der Waals surface area contributed by atoms with Crippen LogP contribution in [0, 0.1) is 0 Å². The maximum absolute atomic E-state index is 10.6. The van der Waals surface area contributed by atoms with Crippen LogP contribution in [0.25, 0.3) is 0 Å². The highest BCUT2D eigenvalue weighted by Gasteiger charge is 1.98. The summed E-state index contributed by atoms with van der Waals surface area (Å²) >= 11 is 0. The molecule has 0 bridgehead atoms. The van der Waals surface area contributed by atoms with E-state index in [2.05, 4.69) is 9.47 Å². The van der Waals surface area contributed by atoms with Gasteiger partial charge in [0.2, 0.25) is 0 Å². The van der Waals surface area contributed by atoms with Crippen LogP contribution in [-0.2, 0) is 23.8 Å². The summed E-state index contributed by atoms with van der Waals surface area (Å²) in [5.74, 6) is -1.00. The predicted molar refractivity (Wildman–Crippen MR) is 61.9 cm³/mol. The lowest BCUT2D eigenvalue weighted by Gasteiger charge is -2.00. The third kappa shape index (κ3) is 20.8. The zero-order valence-corrected chi connectivity index (χ0v) is 10.7. The van der Waals surface area contributed by atoms with Gasteiger partial charge in [-0.15, -0.1) is 0 Å². The monoisotopic (exact) mass is 250 g/mol. The Kier molecular flexibility index (Phi) is 15.9. The number of ether oxygens (including phenoxy) is 3. The summed E-state index contributed by atoms with van der Waals surface area (Å²) in [7, 11) is 1.48. The molecule has 0 aromatic carbocycles. The van der Waals surface area contributed by atoms with Gasteiger partial charge in [0.25, 0.3) is 0 Å². The maximum atomic E-state index is 10.6. The molecule has 0 aliphatic carbocycles. The van der Waals surface area contributed by atoms with Crippen molar-refractivity contribution in [2.24, 2.45) is 0 Å². The molecule has 0 saturated heterocycles.